The Balaban J connectivity index is 2.29. The topological polar surface area (TPSA) is 29.3 Å². The van der Waals surface area contributed by atoms with E-state index in [4.69, 9.17) is 5.73 Å². The predicted octanol–water partition coefficient (Wildman–Crippen LogP) is 2.87. The molecule has 0 aliphatic carbocycles. The van der Waals surface area contributed by atoms with E-state index in [0.29, 0.717) is 6.04 Å². The molecule has 0 spiro atoms. The van der Waals surface area contributed by atoms with Crippen LogP contribution >= 0.6 is 0 Å². The van der Waals surface area contributed by atoms with Crippen LogP contribution in [0.2, 0.25) is 0 Å². The fourth-order valence-corrected chi connectivity index (χ4v) is 2.80. The summed E-state index contributed by atoms with van der Waals surface area (Å²) in [5.74, 6) is 1.76. The molecule has 1 fully saturated rings. The zero-order valence-electron chi connectivity index (χ0n) is 11.4. The van der Waals surface area contributed by atoms with E-state index in [2.05, 4.69) is 25.7 Å². The zero-order chi connectivity index (χ0) is 12.0. The second kappa shape index (κ2) is 7.29. The van der Waals surface area contributed by atoms with Gasteiger partial charge in [0.05, 0.1) is 0 Å². The van der Waals surface area contributed by atoms with Gasteiger partial charge in [0.15, 0.2) is 0 Å². The number of nitrogens with zero attached hydrogens (tertiary/aromatic N) is 1. The van der Waals surface area contributed by atoms with Crippen molar-refractivity contribution in [2.45, 2.75) is 58.9 Å². The summed E-state index contributed by atoms with van der Waals surface area (Å²) in [5.41, 5.74) is 5.90. The molecule has 0 radical (unpaired) electrons. The summed E-state index contributed by atoms with van der Waals surface area (Å²) >= 11 is 0. The first-order valence-corrected chi connectivity index (χ1v) is 7.11. The average Bonchev–Trinajstić information content (AvgIpc) is 2.29. The summed E-state index contributed by atoms with van der Waals surface area (Å²) in [4.78, 5) is 2.63. The van der Waals surface area contributed by atoms with Crippen molar-refractivity contribution in [1.82, 2.24) is 4.90 Å². The van der Waals surface area contributed by atoms with Gasteiger partial charge in [0, 0.05) is 12.6 Å². The Morgan fingerprint density at radius 1 is 1.38 bits per heavy atom. The molecule has 0 aromatic carbocycles. The third kappa shape index (κ3) is 4.42. The highest BCUT2D eigenvalue weighted by atomic mass is 15.2. The summed E-state index contributed by atoms with van der Waals surface area (Å²) < 4.78 is 0. The van der Waals surface area contributed by atoms with Crippen molar-refractivity contribution in [3.8, 4) is 0 Å². The van der Waals surface area contributed by atoms with Crippen molar-refractivity contribution < 1.29 is 0 Å². The standard InChI is InChI=1S/C14H30N2/c1-4-13-7-9-16(14(10-13)11-15)8-5-6-12(2)3/h12-14H,4-11,15H2,1-3H3. The molecular formula is C14H30N2. The molecule has 0 bridgehead atoms. The van der Waals surface area contributed by atoms with E-state index in [9.17, 15) is 0 Å². The molecule has 0 aromatic rings. The Labute approximate surface area is 102 Å². The third-order valence-corrected chi connectivity index (χ3v) is 4.02. The molecule has 1 heterocycles. The van der Waals surface area contributed by atoms with E-state index >= 15 is 0 Å². The molecule has 2 heteroatoms. The summed E-state index contributed by atoms with van der Waals surface area (Å²) in [5, 5.41) is 0. The molecule has 1 aliphatic rings. The van der Waals surface area contributed by atoms with Gasteiger partial charge in [-0.05, 0) is 50.6 Å². The van der Waals surface area contributed by atoms with Gasteiger partial charge in [-0.25, -0.2) is 0 Å². The molecule has 0 amide bonds. The molecule has 16 heavy (non-hydrogen) atoms. The van der Waals surface area contributed by atoms with Crippen molar-refractivity contribution in [2.75, 3.05) is 19.6 Å². The largest absolute Gasteiger partial charge is 0.329 e. The van der Waals surface area contributed by atoms with Crippen LogP contribution in [-0.4, -0.2) is 30.6 Å². The SMILES string of the molecule is CCC1CCN(CCCC(C)C)C(CN)C1. The molecule has 1 aliphatic heterocycles. The van der Waals surface area contributed by atoms with Crippen molar-refractivity contribution in [2.24, 2.45) is 17.6 Å². The Kier molecular flexibility index (Phi) is 6.37. The van der Waals surface area contributed by atoms with Gasteiger partial charge in [0.25, 0.3) is 0 Å². The lowest BCUT2D eigenvalue weighted by atomic mass is 9.88. The quantitative estimate of drug-likeness (QED) is 0.754. The highest BCUT2D eigenvalue weighted by Crippen LogP contribution is 2.25. The molecule has 1 rings (SSSR count). The normalized spacial score (nSPS) is 27.6. The van der Waals surface area contributed by atoms with Crippen LogP contribution in [0, 0.1) is 11.8 Å². The minimum atomic E-state index is 0.658. The zero-order valence-corrected chi connectivity index (χ0v) is 11.4. The number of likely N-dealkylation sites (tertiary alicyclic amines) is 1. The van der Waals surface area contributed by atoms with Crippen LogP contribution < -0.4 is 5.73 Å². The first-order chi connectivity index (χ1) is 7.67. The highest BCUT2D eigenvalue weighted by Gasteiger charge is 2.25. The molecule has 0 saturated carbocycles. The first kappa shape index (κ1) is 14.0. The first-order valence-electron chi connectivity index (χ1n) is 7.11. The Morgan fingerprint density at radius 3 is 2.69 bits per heavy atom. The van der Waals surface area contributed by atoms with E-state index < -0.39 is 0 Å². The molecule has 0 aromatic heterocycles. The average molecular weight is 226 g/mol. The van der Waals surface area contributed by atoms with Crippen LogP contribution in [0.5, 0.6) is 0 Å². The van der Waals surface area contributed by atoms with Crippen LogP contribution in [0.3, 0.4) is 0 Å². The minimum absolute atomic E-state index is 0.658. The van der Waals surface area contributed by atoms with Crippen molar-refractivity contribution >= 4 is 0 Å². The number of hydrogen-bond donors (Lipinski definition) is 1. The van der Waals surface area contributed by atoms with Gasteiger partial charge in [0.2, 0.25) is 0 Å². The van der Waals surface area contributed by atoms with Gasteiger partial charge in [-0.3, -0.25) is 4.90 Å². The van der Waals surface area contributed by atoms with E-state index in [1.165, 1.54) is 45.2 Å². The van der Waals surface area contributed by atoms with Gasteiger partial charge < -0.3 is 5.73 Å². The smallest absolute Gasteiger partial charge is 0.0221 e. The summed E-state index contributed by atoms with van der Waals surface area (Å²) in [6.07, 6.45) is 6.73. The van der Waals surface area contributed by atoms with Crippen molar-refractivity contribution in [3.05, 3.63) is 0 Å². The fraction of sp³-hybridized carbons (Fsp3) is 1.00. The van der Waals surface area contributed by atoms with Gasteiger partial charge in [0.1, 0.15) is 0 Å². The van der Waals surface area contributed by atoms with Crippen LogP contribution in [0.4, 0.5) is 0 Å². The Morgan fingerprint density at radius 2 is 2.12 bits per heavy atom. The molecular weight excluding hydrogens is 196 g/mol. The van der Waals surface area contributed by atoms with Crippen molar-refractivity contribution in [1.29, 1.82) is 0 Å². The predicted molar refractivity (Wildman–Crippen MR) is 71.5 cm³/mol. The number of hydrogen-bond acceptors (Lipinski definition) is 2. The third-order valence-electron chi connectivity index (χ3n) is 4.02. The van der Waals surface area contributed by atoms with E-state index in [-0.39, 0.29) is 0 Å². The number of rotatable bonds is 6. The van der Waals surface area contributed by atoms with Crippen LogP contribution in [0.1, 0.15) is 52.9 Å². The Hall–Kier alpha value is -0.0800. The Bertz CT molecular complexity index is 180. The maximum Gasteiger partial charge on any atom is 0.0221 e. The summed E-state index contributed by atoms with van der Waals surface area (Å²) in [6, 6.07) is 0.658. The maximum absolute atomic E-state index is 5.90. The van der Waals surface area contributed by atoms with Crippen molar-refractivity contribution in [3.63, 3.8) is 0 Å². The lowest BCUT2D eigenvalue weighted by Crippen LogP contribution is -2.46. The van der Waals surface area contributed by atoms with Crippen LogP contribution in [0.15, 0.2) is 0 Å². The summed E-state index contributed by atoms with van der Waals surface area (Å²) in [7, 11) is 0. The lowest BCUT2D eigenvalue weighted by Gasteiger charge is -2.39. The van der Waals surface area contributed by atoms with Gasteiger partial charge >= 0.3 is 0 Å². The number of piperidine rings is 1. The van der Waals surface area contributed by atoms with Gasteiger partial charge in [-0.15, -0.1) is 0 Å². The summed E-state index contributed by atoms with van der Waals surface area (Å²) in [6.45, 7) is 10.3. The lowest BCUT2D eigenvalue weighted by molar-refractivity contribution is 0.111. The van der Waals surface area contributed by atoms with Gasteiger partial charge in [-0.2, -0.15) is 0 Å². The molecule has 1 saturated heterocycles. The minimum Gasteiger partial charge on any atom is -0.329 e. The highest BCUT2D eigenvalue weighted by molar-refractivity contribution is 4.81. The van der Waals surface area contributed by atoms with Gasteiger partial charge in [-0.1, -0.05) is 27.2 Å². The molecule has 96 valence electrons. The van der Waals surface area contributed by atoms with E-state index in [0.717, 1.165) is 18.4 Å². The second-order valence-electron chi connectivity index (χ2n) is 5.76. The fourth-order valence-electron chi connectivity index (χ4n) is 2.80. The van der Waals surface area contributed by atoms with Crippen LogP contribution in [0.25, 0.3) is 0 Å². The molecule has 2 unspecified atom stereocenters. The molecule has 2 atom stereocenters. The second-order valence-corrected chi connectivity index (χ2v) is 5.76. The van der Waals surface area contributed by atoms with E-state index in [1.807, 2.05) is 0 Å². The molecule has 2 N–H and O–H groups in total. The van der Waals surface area contributed by atoms with E-state index in [1.54, 1.807) is 0 Å². The van der Waals surface area contributed by atoms with Crippen LogP contribution in [-0.2, 0) is 0 Å². The molecule has 2 nitrogen and oxygen atoms in total. The number of nitrogens with two attached hydrogens (primary N) is 1. The maximum atomic E-state index is 5.90. The monoisotopic (exact) mass is 226 g/mol.